The number of carbonyl (C=O) groups is 3. The van der Waals surface area contributed by atoms with Crippen molar-refractivity contribution in [3.05, 3.63) is 69.3 Å². The van der Waals surface area contributed by atoms with Crippen LogP contribution in [0.3, 0.4) is 0 Å². The van der Waals surface area contributed by atoms with E-state index in [1.807, 2.05) is 0 Å². The molecule has 0 unspecified atom stereocenters. The summed E-state index contributed by atoms with van der Waals surface area (Å²) >= 11 is 0. The van der Waals surface area contributed by atoms with Gasteiger partial charge in [-0.3, -0.25) is 14.9 Å². The molecular weight excluding hydrogens is 344 g/mol. The molecule has 1 N–H and O–H groups in total. The van der Waals surface area contributed by atoms with Crippen molar-refractivity contribution in [1.82, 2.24) is 0 Å². The number of nitro groups is 1. The molecule has 0 atom stereocenters. The number of nitro benzene ring substituents is 1. The number of esters is 2. The number of nitrogens with one attached hydrogen (secondary N) is 1. The maximum absolute atomic E-state index is 12.3. The molecule has 134 valence electrons. The minimum Gasteiger partial charge on any atom is -0.465 e. The summed E-state index contributed by atoms with van der Waals surface area (Å²) in [4.78, 5) is 45.7. The van der Waals surface area contributed by atoms with Crippen molar-refractivity contribution in [2.75, 3.05) is 19.5 Å². The molecule has 26 heavy (non-hydrogen) atoms. The molecule has 0 fully saturated rings. The Morgan fingerprint density at radius 2 is 1.42 bits per heavy atom. The van der Waals surface area contributed by atoms with Gasteiger partial charge in [0.2, 0.25) is 0 Å². The zero-order valence-corrected chi connectivity index (χ0v) is 13.8. The number of nitrogens with zero attached hydrogens (tertiary/aromatic N) is 1. The first-order chi connectivity index (χ1) is 12.3. The van der Waals surface area contributed by atoms with Crippen molar-refractivity contribution in [3.8, 4) is 0 Å². The molecule has 9 heteroatoms. The number of benzene rings is 2. The van der Waals surface area contributed by atoms with E-state index in [0.717, 1.165) is 19.2 Å². The van der Waals surface area contributed by atoms with Crippen molar-refractivity contribution < 1.29 is 28.8 Å². The predicted molar refractivity (Wildman–Crippen MR) is 90.2 cm³/mol. The third-order valence-electron chi connectivity index (χ3n) is 3.38. The van der Waals surface area contributed by atoms with E-state index in [2.05, 4.69) is 14.8 Å². The van der Waals surface area contributed by atoms with Crippen molar-refractivity contribution in [2.45, 2.75) is 0 Å². The number of carbonyl (C=O) groups excluding carboxylic acids is 3. The topological polar surface area (TPSA) is 125 Å². The van der Waals surface area contributed by atoms with Gasteiger partial charge in [0.25, 0.3) is 11.6 Å². The average molecular weight is 358 g/mol. The van der Waals surface area contributed by atoms with E-state index in [1.54, 1.807) is 0 Å². The fourth-order valence-electron chi connectivity index (χ4n) is 2.09. The van der Waals surface area contributed by atoms with Crippen LogP contribution in [0, 0.1) is 10.1 Å². The van der Waals surface area contributed by atoms with Crippen molar-refractivity contribution >= 4 is 29.2 Å². The summed E-state index contributed by atoms with van der Waals surface area (Å²) in [5, 5.41) is 13.5. The highest BCUT2D eigenvalue weighted by molar-refractivity contribution is 6.06. The number of non-ortho nitro benzene ring substituents is 1. The minimum absolute atomic E-state index is 0.0864. The molecule has 9 nitrogen and oxygen atoms in total. The molecular formula is C17H14N2O7. The molecule has 0 aliphatic heterocycles. The smallest absolute Gasteiger partial charge is 0.338 e. The fraction of sp³-hybridized carbons (Fsp3) is 0.118. The lowest BCUT2D eigenvalue weighted by Gasteiger charge is -2.07. The lowest BCUT2D eigenvalue weighted by Crippen LogP contribution is -2.14. The van der Waals surface area contributed by atoms with E-state index in [9.17, 15) is 24.5 Å². The van der Waals surface area contributed by atoms with E-state index in [-0.39, 0.29) is 11.1 Å². The first-order valence-electron chi connectivity index (χ1n) is 7.23. The van der Waals surface area contributed by atoms with E-state index in [0.29, 0.717) is 11.3 Å². The SMILES string of the molecule is COC(=O)c1ccc(NC(=O)c2cc(C(=O)OC)cc([N+](=O)[O-])c2)cc1. The van der Waals surface area contributed by atoms with E-state index < -0.39 is 28.5 Å². The number of hydrogen-bond acceptors (Lipinski definition) is 7. The summed E-state index contributed by atoms with van der Waals surface area (Å²) in [6.07, 6.45) is 0. The van der Waals surface area contributed by atoms with Gasteiger partial charge in [0.05, 0.1) is 30.3 Å². The Hall–Kier alpha value is -3.75. The molecule has 0 saturated carbocycles. The molecule has 0 aliphatic rings. The largest absolute Gasteiger partial charge is 0.465 e. The summed E-state index contributed by atoms with van der Waals surface area (Å²) in [6.45, 7) is 0. The fourth-order valence-corrected chi connectivity index (χ4v) is 2.09. The van der Waals surface area contributed by atoms with Gasteiger partial charge >= 0.3 is 11.9 Å². The van der Waals surface area contributed by atoms with Crippen LogP contribution in [0.25, 0.3) is 0 Å². The number of ether oxygens (including phenoxy) is 2. The molecule has 0 spiro atoms. The van der Waals surface area contributed by atoms with Gasteiger partial charge in [0, 0.05) is 23.4 Å². The first-order valence-corrected chi connectivity index (χ1v) is 7.23. The van der Waals surface area contributed by atoms with E-state index in [4.69, 9.17) is 0 Å². The Balaban J connectivity index is 2.28. The van der Waals surface area contributed by atoms with Gasteiger partial charge in [-0.1, -0.05) is 0 Å². The number of anilines is 1. The number of hydrogen-bond donors (Lipinski definition) is 1. The molecule has 0 saturated heterocycles. The van der Waals surface area contributed by atoms with E-state index in [1.165, 1.54) is 37.4 Å². The lowest BCUT2D eigenvalue weighted by atomic mass is 10.1. The Bertz CT molecular complexity index is 875. The second-order valence-corrected chi connectivity index (χ2v) is 5.04. The summed E-state index contributed by atoms with van der Waals surface area (Å²) in [5.41, 5.74) is 0.0335. The second kappa shape index (κ2) is 7.88. The number of rotatable bonds is 5. The molecule has 1 amide bonds. The van der Waals surface area contributed by atoms with Gasteiger partial charge in [0.15, 0.2) is 0 Å². The highest BCUT2D eigenvalue weighted by Crippen LogP contribution is 2.20. The number of amides is 1. The van der Waals surface area contributed by atoms with Crippen molar-refractivity contribution in [1.29, 1.82) is 0 Å². The lowest BCUT2D eigenvalue weighted by molar-refractivity contribution is -0.384. The number of methoxy groups -OCH3 is 2. The molecule has 0 aliphatic carbocycles. The van der Waals surface area contributed by atoms with Gasteiger partial charge in [0.1, 0.15) is 0 Å². The molecule has 0 heterocycles. The minimum atomic E-state index is -0.801. The van der Waals surface area contributed by atoms with Crippen LogP contribution < -0.4 is 5.32 Å². The van der Waals surface area contributed by atoms with Gasteiger partial charge in [-0.2, -0.15) is 0 Å². The van der Waals surface area contributed by atoms with Crippen LogP contribution in [0.4, 0.5) is 11.4 Å². The summed E-state index contributed by atoms with van der Waals surface area (Å²) < 4.78 is 9.11. The highest BCUT2D eigenvalue weighted by Gasteiger charge is 2.18. The van der Waals surface area contributed by atoms with Crippen LogP contribution in [-0.2, 0) is 9.47 Å². The van der Waals surface area contributed by atoms with Crippen molar-refractivity contribution in [3.63, 3.8) is 0 Å². The maximum Gasteiger partial charge on any atom is 0.338 e. The zero-order chi connectivity index (χ0) is 19.3. The van der Waals surface area contributed by atoms with Crippen LogP contribution in [0.5, 0.6) is 0 Å². The van der Waals surface area contributed by atoms with Crippen LogP contribution >= 0.6 is 0 Å². The van der Waals surface area contributed by atoms with Gasteiger partial charge in [-0.15, -0.1) is 0 Å². The average Bonchev–Trinajstić information content (AvgIpc) is 2.66. The van der Waals surface area contributed by atoms with Crippen molar-refractivity contribution in [2.24, 2.45) is 0 Å². The maximum atomic E-state index is 12.3. The van der Waals surface area contributed by atoms with Gasteiger partial charge in [-0.05, 0) is 30.3 Å². The summed E-state index contributed by atoms with van der Waals surface area (Å²) in [7, 11) is 2.38. The Morgan fingerprint density at radius 3 is 1.96 bits per heavy atom. The predicted octanol–water partition coefficient (Wildman–Crippen LogP) is 2.42. The second-order valence-electron chi connectivity index (χ2n) is 5.04. The van der Waals surface area contributed by atoms with Crippen LogP contribution in [-0.4, -0.2) is 37.0 Å². The van der Waals surface area contributed by atoms with Crippen LogP contribution in [0.2, 0.25) is 0 Å². The third-order valence-corrected chi connectivity index (χ3v) is 3.38. The van der Waals surface area contributed by atoms with Gasteiger partial charge in [-0.25, -0.2) is 9.59 Å². The molecule has 2 rings (SSSR count). The van der Waals surface area contributed by atoms with Gasteiger partial charge < -0.3 is 14.8 Å². The molecule has 0 aromatic heterocycles. The molecule has 2 aromatic rings. The van der Waals surface area contributed by atoms with E-state index >= 15 is 0 Å². The first kappa shape index (κ1) is 18.6. The highest BCUT2D eigenvalue weighted by atomic mass is 16.6. The molecule has 2 aromatic carbocycles. The normalized spacial score (nSPS) is 9.92. The third kappa shape index (κ3) is 4.20. The summed E-state index contributed by atoms with van der Waals surface area (Å²) in [6, 6.07) is 9.12. The van der Waals surface area contributed by atoms with Crippen LogP contribution in [0.1, 0.15) is 31.1 Å². The van der Waals surface area contributed by atoms with Crippen LogP contribution in [0.15, 0.2) is 42.5 Å². The molecule has 0 radical (unpaired) electrons. The Kier molecular flexibility index (Phi) is 5.63. The Morgan fingerprint density at radius 1 is 0.885 bits per heavy atom. The monoisotopic (exact) mass is 358 g/mol. The standard InChI is InChI=1S/C17H14N2O7/c1-25-16(21)10-3-5-13(6-4-10)18-15(20)11-7-12(17(22)26-2)9-14(8-11)19(23)24/h3-9H,1-2H3,(H,18,20). The quantitative estimate of drug-likeness (QED) is 0.494. The summed E-state index contributed by atoms with van der Waals surface area (Å²) in [5.74, 6) is -1.99. The Labute approximate surface area is 147 Å². The zero-order valence-electron chi connectivity index (χ0n) is 13.8. The molecule has 0 bridgehead atoms.